The first-order valence-electron chi connectivity index (χ1n) is 4.79. The van der Waals surface area contributed by atoms with Gasteiger partial charge in [-0.3, -0.25) is 0 Å². The zero-order chi connectivity index (χ0) is 13.6. The molecule has 0 saturated carbocycles. The molecule has 0 aliphatic carbocycles. The molecule has 98 valence electrons. The first-order valence-corrected chi connectivity index (χ1v) is 5.13. The van der Waals surface area contributed by atoms with Crippen LogP contribution in [0, 0.1) is 0 Å². The number of alkyl halides is 3. The molecule has 1 unspecified atom stereocenters. The van der Waals surface area contributed by atoms with E-state index >= 15 is 0 Å². The van der Waals surface area contributed by atoms with Crippen molar-refractivity contribution in [2.45, 2.75) is 11.8 Å². The van der Waals surface area contributed by atoms with Crippen LogP contribution in [0.2, 0.25) is 0 Å². The van der Waals surface area contributed by atoms with E-state index in [0.717, 1.165) is 6.07 Å². The fourth-order valence-corrected chi connectivity index (χ4v) is 1.93. The molecule has 0 spiro atoms. The van der Waals surface area contributed by atoms with Gasteiger partial charge in [-0.1, -0.05) is 18.2 Å². The number of anilines is 1. The SMILES string of the molecule is O=C1OC(CO)(C(F)(F)F)c2ccccc2N1Cl. The molecule has 1 aliphatic rings. The number of para-hydroxylation sites is 1. The standard InChI is InChI=1S/C10H7ClF3NO3/c11-15-7-4-2-1-3-6(7)9(5-16,10(12,13)14)18-8(15)17/h1-4,16H,5H2. The average Bonchev–Trinajstić information content (AvgIpc) is 2.32. The molecular formula is C10H7ClF3NO3. The number of carbonyl (C=O) groups excluding carboxylic acids is 1. The van der Waals surface area contributed by atoms with Crippen LogP contribution in [-0.2, 0) is 10.3 Å². The Kier molecular flexibility index (Phi) is 2.90. The summed E-state index contributed by atoms with van der Waals surface area (Å²) in [5.74, 6) is 0. The highest BCUT2D eigenvalue weighted by atomic mass is 35.5. The van der Waals surface area contributed by atoms with Crippen LogP contribution in [0.4, 0.5) is 23.7 Å². The Morgan fingerprint density at radius 2 is 2.00 bits per heavy atom. The van der Waals surface area contributed by atoms with Crippen LogP contribution >= 0.6 is 11.8 Å². The Hall–Kier alpha value is -1.47. The molecule has 8 heteroatoms. The zero-order valence-electron chi connectivity index (χ0n) is 8.74. The number of hydrogen-bond acceptors (Lipinski definition) is 3. The molecule has 0 radical (unpaired) electrons. The van der Waals surface area contributed by atoms with Crippen LogP contribution in [0.15, 0.2) is 24.3 Å². The Morgan fingerprint density at radius 1 is 1.39 bits per heavy atom. The van der Waals surface area contributed by atoms with Crippen LogP contribution in [0.3, 0.4) is 0 Å². The maximum absolute atomic E-state index is 13.1. The number of hydrogen-bond donors (Lipinski definition) is 1. The van der Waals surface area contributed by atoms with Crippen LogP contribution in [0.1, 0.15) is 5.56 Å². The van der Waals surface area contributed by atoms with Gasteiger partial charge in [0.15, 0.2) is 0 Å². The number of amides is 1. The number of cyclic esters (lactones) is 1. The third-order valence-corrected chi connectivity index (χ3v) is 2.97. The van der Waals surface area contributed by atoms with Gasteiger partial charge in [0.1, 0.15) is 0 Å². The van der Waals surface area contributed by atoms with Gasteiger partial charge in [0.05, 0.1) is 12.3 Å². The normalized spacial score (nSPS) is 23.6. The molecule has 1 amide bonds. The minimum Gasteiger partial charge on any atom is -0.424 e. The molecule has 1 heterocycles. The molecule has 1 aromatic rings. The molecule has 1 N–H and O–H groups in total. The van der Waals surface area contributed by atoms with Gasteiger partial charge in [0, 0.05) is 17.3 Å². The molecule has 0 saturated heterocycles. The van der Waals surface area contributed by atoms with Gasteiger partial charge in [0.25, 0.3) is 5.60 Å². The zero-order valence-corrected chi connectivity index (χ0v) is 9.50. The van der Waals surface area contributed by atoms with E-state index in [9.17, 15) is 18.0 Å². The number of ether oxygens (including phenoxy) is 1. The fourth-order valence-electron chi connectivity index (χ4n) is 1.75. The largest absolute Gasteiger partial charge is 0.435 e. The van der Waals surface area contributed by atoms with Gasteiger partial charge in [-0.05, 0) is 6.07 Å². The topological polar surface area (TPSA) is 49.8 Å². The van der Waals surface area contributed by atoms with E-state index < -0.39 is 30.0 Å². The molecule has 1 aliphatic heterocycles. The third kappa shape index (κ3) is 1.62. The predicted octanol–water partition coefficient (Wildman–Crippen LogP) is 2.55. The second-order valence-corrected chi connectivity index (χ2v) is 3.99. The van der Waals surface area contributed by atoms with Crippen molar-refractivity contribution in [2.24, 2.45) is 0 Å². The van der Waals surface area contributed by atoms with Crippen LogP contribution in [-0.4, -0.2) is 24.0 Å². The van der Waals surface area contributed by atoms with Crippen molar-refractivity contribution >= 4 is 23.6 Å². The van der Waals surface area contributed by atoms with Crippen LogP contribution in [0.25, 0.3) is 0 Å². The van der Waals surface area contributed by atoms with Crippen molar-refractivity contribution in [3.05, 3.63) is 29.8 Å². The molecule has 1 aromatic carbocycles. The molecule has 0 fully saturated rings. The smallest absolute Gasteiger partial charge is 0.424 e. The van der Waals surface area contributed by atoms with E-state index in [1.54, 1.807) is 0 Å². The van der Waals surface area contributed by atoms with E-state index in [0.29, 0.717) is 4.42 Å². The summed E-state index contributed by atoms with van der Waals surface area (Å²) in [6.07, 6.45) is -6.34. The molecule has 18 heavy (non-hydrogen) atoms. The van der Waals surface area contributed by atoms with Crippen molar-refractivity contribution in [3.63, 3.8) is 0 Å². The molecule has 0 bridgehead atoms. The van der Waals surface area contributed by atoms with Gasteiger partial charge in [-0.25, -0.2) is 4.79 Å². The Balaban J connectivity index is 2.70. The lowest BCUT2D eigenvalue weighted by Crippen LogP contribution is -2.54. The molecule has 4 nitrogen and oxygen atoms in total. The molecule has 1 atom stereocenters. The summed E-state index contributed by atoms with van der Waals surface area (Å²) in [7, 11) is 0. The highest BCUT2D eigenvalue weighted by Gasteiger charge is 2.63. The quantitative estimate of drug-likeness (QED) is 0.805. The predicted molar refractivity (Wildman–Crippen MR) is 56.1 cm³/mol. The Bertz CT molecular complexity index is 494. The number of nitrogens with zero attached hydrogens (tertiary/aromatic N) is 1. The number of halogens is 4. The second kappa shape index (κ2) is 4.03. The first kappa shape index (κ1) is 13.0. The van der Waals surface area contributed by atoms with Crippen molar-refractivity contribution in [1.29, 1.82) is 0 Å². The summed E-state index contributed by atoms with van der Waals surface area (Å²) in [4.78, 5) is 11.3. The molecule has 2 rings (SSSR count). The van der Waals surface area contributed by atoms with Crippen LogP contribution < -0.4 is 4.42 Å². The Morgan fingerprint density at radius 3 is 2.56 bits per heavy atom. The van der Waals surface area contributed by atoms with E-state index in [2.05, 4.69) is 4.74 Å². The summed E-state index contributed by atoms with van der Waals surface area (Å²) in [6.45, 7) is -1.41. The summed E-state index contributed by atoms with van der Waals surface area (Å²) in [5, 5.41) is 9.07. The lowest BCUT2D eigenvalue weighted by molar-refractivity contribution is -0.276. The maximum atomic E-state index is 13.1. The van der Waals surface area contributed by atoms with E-state index in [1.165, 1.54) is 18.2 Å². The second-order valence-electron chi connectivity index (χ2n) is 3.65. The van der Waals surface area contributed by atoms with Crippen molar-refractivity contribution < 1.29 is 27.8 Å². The summed E-state index contributed by atoms with van der Waals surface area (Å²) >= 11 is 5.54. The number of benzene rings is 1. The van der Waals surface area contributed by atoms with Crippen molar-refractivity contribution in [3.8, 4) is 0 Å². The lowest BCUT2D eigenvalue weighted by atomic mass is 9.91. The Labute approximate surface area is 105 Å². The lowest BCUT2D eigenvalue weighted by Gasteiger charge is -2.39. The highest BCUT2D eigenvalue weighted by Crippen LogP contribution is 2.48. The average molecular weight is 282 g/mol. The monoisotopic (exact) mass is 281 g/mol. The maximum Gasteiger partial charge on any atom is 0.435 e. The number of aliphatic hydroxyl groups excluding tert-OH is 1. The minimum absolute atomic E-state index is 0.165. The third-order valence-electron chi connectivity index (χ3n) is 2.65. The number of aliphatic hydroxyl groups is 1. The first-order chi connectivity index (χ1) is 8.33. The van der Waals surface area contributed by atoms with Gasteiger partial charge in [0.2, 0.25) is 0 Å². The van der Waals surface area contributed by atoms with E-state index in [-0.39, 0.29) is 5.69 Å². The van der Waals surface area contributed by atoms with E-state index in [4.69, 9.17) is 16.9 Å². The van der Waals surface area contributed by atoms with Gasteiger partial charge in [-0.15, -0.1) is 0 Å². The van der Waals surface area contributed by atoms with E-state index in [1.807, 2.05) is 0 Å². The highest BCUT2D eigenvalue weighted by molar-refractivity contribution is 6.36. The van der Waals surface area contributed by atoms with Gasteiger partial charge in [-0.2, -0.15) is 17.6 Å². The minimum atomic E-state index is -4.95. The number of rotatable bonds is 1. The van der Waals surface area contributed by atoms with Gasteiger partial charge < -0.3 is 9.84 Å². The van der Waals surface area contributed by atoms with Crippen molar-refractivity contribution in [2.75, 3.05) is 11.0 Å². The van der Waals surface area contributed by atoms with Crippen LogP contribution in [0.5, 0.6) is 0 Å². The summed E-state index contributed by atoms with van der Waals surface area (Å²) < 4.78 is 44.0. The molecule has 0 aromatic heterocycles. The van der Waals surface area contributed by atoms with Crippen molar-refractivity contribution in [1.82, 2.24) is 0 Å². The number of fused-ring (bicyclic) bond motifs is 1. The molecular weight excluding hydrogens is 275 g/mol. The van der Waals surface area contributed by atoms with Gasteiger partial charge >= 0.3 is 12.3 Å². The summed E-state index contributed by atoms with van der Waals surface area (Å²) in [5.41, 5.74) is -3.65. The summed E-state index contributed by atoms with van der Waals surface area (Å²) in [6, 6.07) is 5.09. The fraction of sp³-hybridized carbons (Fsp3) is 0.300. The number of carbonyl (C=O) groups is 1.